The Morgan fingerprint density at radius 1 is 0.396 bits per heavy atom. The number of hydrogen-bond acceptors (Lipinski definition) is 10. The second kappa shape index (κ2) is 11.9. The Kier molecular flexibility index (Phi) is 7.34. The van der Waals surface area contributed by atoms with Gasteiger partial charge in [-0.15, -0.1) is 0 Å². The number of hydrogen-bond donors (Lipinski definition) is 6. The Morgan fingerprint density at radius 3 is 1.00 bits per heavy atom. The number of carboxylic acids is 4. The minimum absolute atomic E-state index is 0. The predicted molar refractivity (Wildman–Crippen MR) is 184 cm³/mol. The SMILES string of the molecule is O=C(O)c1c(C(=O)O)c(C(=O)O)c2c3nc4nc(nc5[nH]c(nc6nc(nc([nH]3)c2c1C(=O)O)-c1ccccc1-6)c1ccccc51)-c1ccccc1-4.[Co+2]. The molecule has 0 amide bonds. The Balaban J connectivity index is 0.00000400. The van der Waals surface area contributed by atoms with Gasteiger partial charge in [0.25, 0.3) is 0 Å². The maximum Gasteiger partial charge on any atom is 2.00 e. The Bertz CT molecular complexity index is 2810. The van der Waals surface area contributed by atoms with Crippen LogP contribution in [0.3, 0.4) is 0 Å². The van der Waals surface area contributed by atoms with E-state index in [1.807, 2.05) is 24.3 Å². The minimum Gasteiger partial charge on any atom is -0.478 e. The van der Waals surface area contributed by atoms with Crippen molar-refractivity contribution in [3.8, 4) is 45.6 Å². The molecular weight excluding hydrogens is 731 g/mol. The van der Waals surface area contributed by atoms with E-state index in [0.717, 1.165) is 10.8 Å². The second-order valence-electron chi connectivity index (χ2n) is 11.7. The minimum atomic E-state index is -1.98. The van der Waals surface area contributed by atoms with E-state index in [4.69, 9.17) is 9.97 Å². The van der Waals surface area contributed by atoms with E-state index in [9.17, 15) is 39.6 Å². The van der Waals surface area contributed by atoms with Gasteiger partial charge in [-0.1, -0.05) is 72.8 Å². The molecule has 8 bridgehead atoms. The molecule has 4 aromatic carbocycles. The number of fused-ring (bicyclic) bond motifs is 20. The summed E-state index contributed by atoms with van der Waals surface area (Å²) in [6.45, 7) is 0. The number of aromatic nitrogens is 8. The van der Waals surface area contributed by atoms with Crippen LogP contribution in [0, 0.1) is 0 Å². The van der Waals surface area contributed by atoms with Crippen molar-refractivity contribution in [3.05, 3.63) is 95.1 Å². The summed E-state index contributed by atoms with van der Waals surface area (Å²) in [4.78, 5) is 85.4. The third kappa shape index (κ3) is 4.83. The number of carbonyl (C=O) groups is 4. The van der Waals surface area contributed by atoms with E-state index < -0.39 is 56.9 Å². The van der Waals surface area contributed by atoms with Crippen molar-refractivity contribution in [1.82, 2.24) is 39.9 Å². The van der Waals surface area contributed by atoms with Crippen LogP contribution in [0.4, 0.5) is 0 Å². The van der Waals surface area contributed by atoms with E-state index in [1.54, 1.807) is 48.5 Å². The molecule has 53 heavy (non-hydrogen) atoms. The van der Waals surface area contributed by atoms with Crippen LogP contribution < -0.4 is 0 Å². The van der Waals surface area contributed by atoms with Crippen LogP contribution in [-0.4, -0.2) is 84.2 Å². The van der Waals surface area contributed by atoms with Crippen LogP contribution in [0.2, 0.25) is 0 Å². The first kappa shape index (κ1) is 32.8. The molecule has 0 saturated heterocycles. The largest absolute Gasteiger partial charge is 2.00 e. The first-order valence-electron chi connectivity index (χ1n) is 15.4. The maximum absolute atomic E-state index is 12.9. The molecule has 5 heterocycles. The molecule has 2 aliphatic heterocycles. The molecule has 9 rings (SSSR count). The molecule has 7 aromatic rings. The Morgan fingerprint density at radius 2 is 0.679 bits per heavy atom. The van der Waals surface area contributed by atoms with Gasteiger partial charge in [0, 0.05) is 43.8 Å². The van der Waals surface area contributed by atoms with Crippen LogP contribution in [0.15, 0.2) is 72.8 Å². The van der Waals surface area contributed by atoms with Gasteiger partial charge in [-0.2, -0.15) is 0 Å². The Hall–Kier alpha value is -7.37. The monoisotopic (exact) mass is 749 g/mol. The molecular formula is C36H18CoN8O8+2. The number of benzene rings is 4. The molecule has 0 atom stereocenters. The topological polar surface area (TPSA) is 258 Å². The molecule has 0 spiro atoms. The standard InChI is InChI=1S/C36H18N8O8.Co/c45-33(46)21-19-20(22(34(47)48)24(36(51)52)23(21)35(49)50)32-43-30-18-12-6-4-10-16(18)28(41-30)39-26-14-8-2-1-7-13(14)25(37-26)38-27-15-9-3-5-11-17(15)29(40-27)42-31(19)44-32;/h1-12H,(H,45,46)(H,47,48)(H,49,50)(H,51,52)(H2,37,38,39,40,41,42,43,44);/q;+2. The molecule has 0 saturated carbocycles. The number of nitrogens with one attached hydrogen (secondary N) is 2. The van der Waals surface area contributed by atoms with Crippen LogP contribution in [0.1, 0.15) is 41.4 Å². The zero-order chi connectivity index (χ0) is 36.0. The third-order valence-electron chi connectivity index (χ3n) is 8.85. The normalized spacial score (nSPS) is 11.5. The fourth-order valence-corrected chi connectivity index (χ4v) is 6.76. The third-order valence-corrected chi connectivity index (χ3v) is 8.85. The van der Waals surface area contributed by atoms with Crippen LogP contribution in [0.25, 0.3) is 89.7 Å². The summed E-state index contributed by atoms with van der Waals surface area (Å²) in [5.74, 6) is -7.17. The molecule has 0 unspecified atom stereocenters. The molecule has 16 nitrogen and oxygen atoms in total. The predicted octanol–water partition coefficient (Wildman–Crippen LogP) is 5.66. The quantitative estimate of drug-likeness (QED) is 0.127. The molecule has 3 aromatic heterocycles. The summed E-state index contributed by atoms with van der Waals surface area (Å²) < 4.78 is 0. The summed E-state index contributed by atoms with van der Waals surface area (Å²) in [5, 5.41) is 41.7. The van der Waals surface area contributed by atoms with Gasteiger partial charge in [0.1, 0.15) is 22.6 Å². The Labute approximate surface area is 304 Å². The van der Waals surface area contributed by atoms with E-state index in [2.05, 4.69) is 29.9 Å². The molecule has 17 heteroatoms. The number of rotatable bonds is 4. The smallest absolute Gasteiger partial charge is 0.478 e. The van der Waals surface area contributed by atoms with Gasteiger partial charge in [0.15, 0.2) is 23.3 Å². The molecule has 6 N–H and O–H groups in total. The van der Waals surface area contributed by atoms with E-state index in [1.165, 1.54) is 0 Å². The number of aromatic carboxylic acids is 4. The number of nitrogens with zero attached hydrogens (tertiary/aromatic N) is 6. The maximum atomic E-state index is 12.9. The van der Waals surface area contributed by atoms with Gasteiger partial charge in [0.05, 0.1) is 22.3 Å². The van der Waals surface area contributed by atoms with Crippen molar-refractivity contribution in [2.24, 2.45) is 0 Å². The number of carboxylic acid groups (broad SMARTS) is 4. The molecule has 0 fully saturated rings. The van der Waals surface area contributed by atoms with Crippen molar-refractivity contribution < 1.29 is 56.4 Å². The first-order valence-corrected chi connectivity index (χ1v) is 15.4. The van der Waals surface area contributed by atoms with Crippen molar-refractivity contribution in [2.75, 3.05) is 0 Å². The molecule has 1 radical (unpaired) electrons. The van der Waals surface area contributed by atoms with Gasteiger partial charge in [0.2, 0.25) is 0 Å². The van der Waals surface area contributed by atoms with Gasteiger partial charge < -0.3 is 30.4 Å². The number of aromatic amines is 2. The van der Waals surface area contributed by atoms with Crippen LogP contribution >= 0.6 is 0 Å². The van der Waals surface area contributed by atoms with Crippen molar-refractivity contribution in [3.63, 3.8) is 0 Å². The fraction of sp³-hybridized carbons (Fsp3) is 0. The average molecular weight is 750 g/mol. The zero-order valence-corrected chi connectivity index (χ0v) is 27.4. The van der Waals surface area contributed by atoms with Crippen molar-refractivity contribution in [2.45, 2.75) is 0 Å². The fourth-order valence-electron chi connectivity index (χ4n) is 6.76. The van der Waals surface area contributed by atoms with Crippen molar-refractivity contribution >= 4 is 68.0 Å². The van der Waals surface area contributed by atoms with Crippen LogP contribution in [-0.2, 0) is 16.8 Å². The average Bonchev–Trinajstić information content (AvgIpc) is 3.86. The second-order valence-corrected chi connectivity index (χ2v) is 11.7. The first-order chi connectivity index (χ1) is 25.1. The number of H-pyrrole nitrogens is 2. The molecule has 2 aliphatic rings. The van der Waals surface area contributed by atoms with E-state index in [0.29, 0.717) is 33.5 Å². The van der Waals surface area contributed by atoms with Gasteiger partial charge in [-0.25, -0.2) is 49.1 Å². The summed E-state index contributed by atoms with van der Waals surface area (Å²) in [5.41, 5.74) is -2.31. The summed E-state index contributed by atoms with van der Waals surface area (Å²) in [7, 11) is 0. The summed E-state index contributed by atoms with van der Waals surface area (Å²) >= 11 is 0. The van der Waals surface area contributed by atoms with Gasteiger partial charge in [-0.05, 0) is 0 Å². The zero-order valence-electron chi connectivity index (χ0n) is 26.4. The van der Waals surface area contributed by atoms with E-state index in [-0.39, 0.29) is 51.4 Å². The summed E-state index contributed by atoms with van der Waals surface area (Å²) in [6, 6.07) is 21.3. The van der Waals surface area contributed by atoms with Crippen molar-refractivity contribution in [1.29, 1.82) is 0 Å². The molecule has 257 valence electrons. The van der Waals surface area contributed by atoms with Gasteiger partial charge >= 0.3 is 40.7 Å². The summed E-state index contributed by atoms with van der Waals surface area (Å²) in [6.07, 6.45) is 0. The molecule has 0 aliphatic carbocycles. The van der Waals surface area contributed by atoms with Crippen LogP contribution in [0.5, 0.6) is 0 Å². The van der Waals surface area contributed by atoms with Gasteiger partial charge in [-0.3, -0.25) is 0 Å². The van der Waals surface area contributed by atoms with E-state index >= 15 is 0 Å².